The third kappa shape index (κ3) is 3.24. The van der Waals surface area contributed by atoms with E-state index in [4.69, 9.17) is 4.74 Å². The Morgan fingerprint density at radius 2 is 2.08 bits per heavy atom. The number of ether oxygens (including phenoxy) is 1. The Bertz CT molecular complexity index is 910. The molecule has 0 unspecified atom stereocenters. The highest BCUT2D eigenvalue weighted by Gasteiger charge is 2.39. The second-order valence-electron chi connectivity index (χ2n) is 7.47. The number of nitriles is 1. The summed E-state index contributed by atoms with van der Waals surface area (Å²) in [7, 11) is 0. The van der Waals surface area contributed by atoms with Gasteiger partial charge in [0.2, 0.25) is 0 Å². The highest BCUT2D eigenvalue weighted by molar-refractivity contribution is 6.20. The highest BCUT2D eigenvalue weighted by Crippen LogP contribution is 2.37. The average molecular weight is 352 g/mol. The average Bonchev–Trinajstić information content (AvgIpc) is 2.82. The lowest BCUT2D eigenvalue weighted by molar-refractivity contribution is -0.142. The van der Waals surface area contributed by atoms with Crippen LogP contribution < -0.4 is 5.56 Å². The maximum atomic E-state index is 12.8. The molecular weight excluding hydrogens is 328 g/mol. The van der Waals surface area contributed by atoms with Gasteiger partial charge in [-0.15, -0.1) is 0 Å². The van der Waals surface area contributed by atoms with Gasteiger partial charge in [-0.05, 0) is 64.5 Å². The quantitative estimate of drug-likeness (QED) is 0.611. The van der Waals surface area contributed by atoms with Crippen molar-refractivity contribution in [3.8, 4) is 6.07 Å². The maximum Gasteiger partial charge on any atom is 0.339 e. The van der Waals surface area contributed by atoms with Gasteiger partial charge in [-0.3, -0.25) is 4.79 Å². The summed E-state index contributed by atoms with van der Waals surface area (Å²) in [5.41, 5.74) is 1.77. The predicted octanol–water partition coefficient (Wildman–Crippen LogP) is 3.72. The number of hydrogen-bond acceptors (Lipinski definition) is 4. The van der Waals surface area contributed by atoms with Crippen molar-refractivity contribution in [1.82, 2.24) is 4.57 Å². The Morgan fingerprint density at radius 1 is 1.31 bits per heavy atom. The van der Waals surface area contributed by atoms with Crippen LogP contribution in [0.3, 0.4) is 0 Å². The molecule has 1 aromatic rings. The normalized spacial score (nSPS) is 19.2. The number of hydrogen-bond donors (Lipinski definition) is 0. The fourth-order valence-electron chi connectivity index (χ4n) is 3.59. The van der Waals surface area contributed by atoms with Crippen LogP contribution in [0.25, 0.3) is 5.57 Å². The van der Waals surface area contributed by atoms with Gasteiger partial charge in [-0.25, -0.2) is 4.79 Å². The molecule has 2 aliphatic rings. The number of carbonyl (C=O) groups is 1. The zero-order valence-corrected chi connectivity index (χ0v) is 15.6. The monoisotopic (exact) mass is 352 g/mol. The van der Waals surface area contributed by atoms with Crippen LogP contribution >= 0.6 is 0 Å². The first-order valence-electron chi connectivity index (χ1n) is 9.11. The number of rotatable bonds is 4. The number of esters is 1. The molecular formula is C21H24N2O3. The van der Waals surface area contributed by atoms with Crippen molar-refractivity contribution < 1.29 is 9.53 Å². The van der Waals surface area contributed by atoms with Crippen LogP contribution in [0.2, 0.25) is 0 Å². The Labute approximate surface area is 153 Å². The number of aryl methyl sites for hydroxylation is 1. The molecule has 1 aliphatic heterocycles. The van der Waals surface area contributed by atoms with Gasteiger partial charge in [0.1, 0.15) is 17.2 Å². The first-order valence-corrected chi connectivity index (χ1v) is 9.11. The molecule has 0 saturated carbocycles. The van der Waals surface area contributed by atoms with Gasteiger partial charge in [0.25, 0.3) is 5.56 Å². The van der Waals surface area contributed by atoms with E-state index in [2.05, 4.69) is 6.08 Å². The summed E-state index contributed by atoms with van der Waals surface area (Å²) in [5.74, 6) is -0.478. The Hall–Kier alpha value is -2.61. The molecule has 0 N–H and O–H groups in total. The Balaban J connectivity index is 1.95. The molecule has 1 aromatic heterocycles. The van der Waals surface area contributed by atoms with Gasteiger partial charge in [-0.2, -0.15) is 5.26 Å². The summed E-state index contributed by atoms with van der Waals surface area (Å²) in [5, 5.41) is 9.55. The minimum atomic E-state index is -0.721. The third-order valence-electron chi connectivity index (χ3n) is 5.44. The van der Waals surface area contributed by atoms with Gasteiger partial charge in [-0.1, -0.05) is 11.6 Å². The smallest absolute Gasteiger partial charge is 0.339 e. The van der Waals surface area contributed by atoms with E-state index in [0.29, 0.717) is 17.7 Å². The third-order valence-corrected chi connectivity index (χ3v) is 5.44. The molecule has 26 heavy (non-hydrogen) atoms. The van der Waals surface area contributed by atoms with Crippen molar-refractivity contribution in [1.29, 1.82) is 5.26 Å². The lowest BCUT2D eigenvalue weighted by Gasteiger charge is -2.18. The minimum Gasteiger partial charge on any atom is -0.451 e. The summed E-state index contributed by atoms with van der Waals surface area (Å²) in [6.45, 7) is 5.97. The summed E-state index contributed by atoms with van der Waals surface area (Å²) in [6, 6.07) is 3.69. The first kappa shape index (κ1) is 18.2. The Morgan fingerprint density at radius 3 is 2.65 bits per heavy atom. The standard InChI is InChI=1S/C21H24N2O3/c1-14-18(20(25)26-21(14,2)3)16-10-12-23(19(24)17(16)13-22)11-9-15-7-5-4-6-8-15/h7,10,12H,4-6,8-9,11H2,1-3H3. The van der Waals surface area contributed by atoms with Crippen molar-refractivity contribution in [2.45, 2.75) is 65.0 Å². The maximum absolute atomic E-state index is 12.8. The predicted molar refractivity (Wildman–Crippen MR) is 99.4 cm³/mol. The van der Waals surface area contributed by atoms with Crippen LogP contribution in [-0.2, 0) is 16.1 Å². The number of carbonyl (C=O) groups excluding carboxylic acids is 1. The highest BCUT2D eigenvalue weighted by atomic mass is 16.6. The van der Waals surface area contributed by atoms with E-state index in [1.54, 1.807) is 30.7 Å². The van der Waals surface area contributed by atoms with Crippen LogP contribution in [0.1, 0.15) is 64.0 Å². The van der Waals surface area contributed by atoms with E-state index < -0.39 is 11.6 Å². The van der Waals surface area contributed by atoms with Crippen LogP contribution in [0.5, 0.6) is 0 Å². The van der Waals surface area contributed by atoms with E-state index in [1.165, 1.54) is 18.4 Å². The van der Waals surface area contributed by atoms with E-state index >= 15 is 0 Å². The van der Waals surface area contributed by atoms with Crippen LogP contribution in [0, 0.1) is 11.3 Å². The van der Waals surface area contributed by atoms with Crippen LogP contribution in [0.15, 0.2) is 34.3 Å². The van der Waals surface area contributed by atoms with Crippen LogP contribution in [0.4, 0.5) is 0 Å². The fraction of sp³-hybridized carbons (Fsp3) is 0.476. The number of allylic oxidation sites excluding steroid dienone is 2. The molecule has 0 fully saturated rings. The van der Waals surface area contributed by atoms with Crippen molar-refractivity contribution >= 4 is 11.5 Å². The minimum absolute atomic E-state index is 0.00845. The van der Waals surface area contributed by atoms with Gasteiger partial charge in [0.15, 0.2) is 0 Å². The summed E-state index contributed by atoms with van der Waals surface area (Å²) >= 11 is 0. The van der Waals surface area contributed by atoms with E-state index in [-0.39, 0.29) is 11.1 Å². The van der Waals surface area contributed by atoms with Gasteiger partial charge < -0.3 is 9.30 Å². The number of cyclic esters (lactones) is 1. The van der Waals surface area contributed by atoms with Gasteiger partial charge in [0, 0.05) is 18.3 Å². The zero-order valence-electron chi connectivity index (χ0n) is 15.6. The van der Waals surface area contributed by atoms with Crippen molar-refractivity contribution in [2.75, 3.05) is 0 Å². The number of aromatic nitrogens is 1. The molecule has 0 atom stereocenters. The molecule has 0 radical (unpaired) electrons. The molecule has 5 heteroatoms. The van der Waals surface area contributed by atoms with E-state index in [1.807, 2.05) is 13.0 Å². The van der Waals surface area contributed by atoms with Crippen molar-refractivity contribution in [2.24, 2.45) is 0 Å². The molecule has 1 aliphatic carbocycles. The lowest BCUT2D eigenvalue weighted by atomic mass is 9.92. The summed E-state index contributed by atoms with van der Waals surface area (Å²) in [4.78, 5) is 25.1. The molecule has 0 bridgehead atoms. The molecule has 5 nitrogen and oxygen atoms in total. The molecule has 3 rings (SSSR count). The summed E-state index contributed by atoms with van der Waals surface area (Å²) in [6.07, 6.45) is 9.40. The second-order valence-corrected chi connectivity index (χ2v) is 7.47. The molecule has 0 amide bonds. The Kier molecular flexibility index (Phi) is 4.86. The molecule has 136 valence electrons. The molecule has 0 spiro atoms. The molecule has 0 aromatic carbocycles. The van der Waals surface area contributed by atoms with Crippen LogP contribution in [-0.4, -0.2) is 16.1 Å². The second kappa shape index (κ2) is 6.95. The van der Waals surface area contributed by atoms with E-state index in [0.717, 1.165) is 24.8 Å². The zero-order chi connectivity index (χ0) is 18.9. The largest absolute Gasteiger partial charge is 0.451 e. The van der Waals surface area contributed by atoms with Crippen molar-refractivity contribution in [3.63, 3.8) is 0 Å². The van der Waals surface area contributed by atoms with Gasteiger partial charge in [0.05, 0.1) is 5.57 Å². The first-order chi connectivity index (χ1) is 12.3. The molecule has 2 heterocycles. The molecule has 0 saturated heterocycles. The van der Waals surface area contributed by atoms with Crippen molar-refractivity contribution in [3.05, 3.63) is 51.0 Å². The fourth-order valence-corrected chi connectivity index (χ4v) is 3.59. The van der Waals surface area contributed by atoms with Gasteiger partial charge >= 0.3 is 5.97 Å². The lowest BCUT2D eigenvalue weighted by Crippen LogP contribution is -2.24. The SMILES string of the molecule is CC1=C(c2ccn(CCC3=CCCCC3)c(=O)c2C#N)C(=O)OC1(C)C. The number of nitrogens with zero attached hydrogens (tertiary/aromatic N) is 2. The van der Waals surface area contributed by atoms with E-state index in [9.17, 15) is 14.9 Å². The topological polar surface area (TPSA) is 72.1 Å². The summed E-state index contributed by atoms with van der Waals surface area (Å²) < 4.78 is 6.95. The number of pyridine rings is 1.